The van der Waals surface area contributed by atoms with E-state index >= 15 is 0 Å². The number of halogens is 1. The number of amides is 1. The Kier molecular flexibility index (Phi) is 5.06. The monoisotopic (exact) mass is 503 g/mol. The second-order valence-corrected chi connectivity index (χ2v) is 8.76. The summed E-state index contributed by atoms with van der Waals surface area (Å²) in [6.07, 6.45) is 0. The van der Waals surface area contributed by atoms with E-state index in [-0.39, 0.29) is 17.1 Å². The second-order valence-electron chi connectivity index (χ2n) is 7.84. The van der Waals surface area contributed by atoms with Gasteiger partial charge in [-0.3, -0.25) is 14.5 Å². The van der Waals surface area contributed by atoms with Crippen molar-refractivity contribution >= 4 is 44.3 Å². The van der Waals surface area contributed by atoms with E-state index in [0.29, 0.717) is 22.2 Å². The standard InChI is InChI=1S/C26H18BrNO5/c1-14-4-2-3-5-19(14)28-23(15-6-9-18(29)10-7-15)22(25(31)26(28)32)24(30)21-13-16-12-17(27)8-11-20(16)33-21/h2-13,23,29,31H,1H3. The van der Waals surface area contributed by atoms with Crippen molar-refractivity contribution in [3.8, 4) is 5.75 Å². The smallest absolute Gasteiger partial charge is 0.294 e. The molecule has 0 saturated heterocycles. The van der Waals surface area contributed by atoms with Crippen molar-refractivity contribution in [1.29, 1.82) is 0 Å². The number of para-hydroxylation sites is 1. The number of nitrogens with zero attached hydrogens (tertiary/aromatic N) is 1. The first-order valence-corrected chi connectivity index (χ1v) is 11.0. The number of aliphatic hydroxyl groups is 1. The molecule has 1 aliphatic heterocycles. The molecule has 0 aliphatic carbocycles. The summed E-state index contributed by atoms with van der Waals surface area (Å²) in [5.41, 5.74) is 2.39. The maximum absolute atomic E-state index is 13.6. The Morgan fingerprint density at radius 1 is 1.00 bits per heavy atom. The first-order valence-electron chi connectivity index (χ1n) is 10.2. The van der Waals surface area contributed by atoms with Crippen LogP contribution in [-0.4, -0.2) is 21.9 Å². The lowest BCUT2D eigenvalue weighted by Crippen LogP contribution is -2.31. The zero-order chi connectivity index (χ0) is 23.3. The highest BCUT2D eigenvalue weighted by atomic mass is 79.9. The molecule has 2 N–H and O–H groups in total. The number of phenols is 1. The number of rotatable bonds is 4. The van der Waals surface area contributed by atoms with Gasteiger partial charge in [0.1, 0.15) is 11.3 Å². The quantitative estimate of drug-likeness (QED) is 0.333. The number of benzene rings is 3. The molecule has 1 aromatic heterocycles. The Labute approximate surface area is 197 Å². The minimum atomic E-state index is -0.897. The van der Waals surface area contributed by atoms with Crippen LogP contribution in [0.25, 0.3) is 11.0 Å². The van der Waals surface area contributed by atoms with Crippen LogP contribution in [0.5, 0.6) is 5.75 Å². The summed E-state index contributed by atoms with van der Waals surface area (Å²) in [5.74, 6) is -1.81. The third kappa shape index (κ3) is 3.50. The topological polar surface area (TPSA) is 91.0 Å². The van der Waals surface area contributed by atoms with Crippen LogP contribution in [0.4, 0.5) is 5.69 Å². The number of aliphatic hydroxyl groups excluding tert-OH is 1. The van der Waals surface area contributed by atoms with Crippen LogP contribution in [0.2, 0.25) is 0 Å². The van der Waals surface area contributed by atoms with E-state index < -0.39 is 23.5 Å². The highest BCUT2D eigenvalue weighted by molar-refractivity contribution is 9.10. The molecule has 0 bridgehead atoms. The first-order chi connectivity index (χ1) is 15.8. The molecule has 2 heterocycles. The average Bonchev–Trinajstić information content (AvgIpc) is 3.33. The summed E-state index contributed by atoms with van der Waals surface area (Å²) in [5, 5.41) is 21.4. The number of hydrogen-bond donors (Lipinski definition) is 2. The van der Waals surface area contributed by atoms with Crippen LogP contribution >= 0.6 is 15.9 Å². The molecule has 6 nitrogen and oxygen atoms in total. The van der Waals surface area contributed by atoms with E-state index in [4.69, 9.17) is 4.42 Å². The number of aryl methyl sites for hydroxylation is 1. The molecule has 3 aromatic carbocycles. The molecule has 0 saturated carbocycles. The minimum Gasteiger partial charge on any atom is -0.508 e. The Bertz CT molecular complexity index is 1450. The molecule has 1 atom stereocenters. The normalized spacial score (nSPS) is 16.1. The summed E-state index contributed by atoms with van der Waals surface area (Å²) in [4.78, 5) is 28.3. The molecule has 1 amide bonds. The zero-order valence-corrected chi connectivity index (χ0v) is 19.0. The van der Waals surface area contributed by atoms with Gasteiger partial charge in [-0.2, -0.15) is 0 Å². The van der Waals surface area contributed by atoms with Crippen molar-refractivity contribution in [2.45, 2.75) is 13.0 Å². The number of Topliss-reactive ketones (excluding diaryl/α,β-unsaturated/α-hetero) is 1. The molecule has 0 spiro atoms. The highest BCUT2D eigenvalue weighted by Gasteiger charge is 2.45. The molecule has 0 fully saturated rings. The maximum Gasteiger partial charge on any atom is 0.294 e. The van der Waals surface area contributed by atoms with E-state index in [2.05, 4.69) is 15.9 Å². The summed E-state index contributed by atoms with van der Waals surface area (Å²) in [6.45, 7) is 1.85. The van der Waals surface area contributed by atoms with E-state index in [1.807, 2.05) is 25.1 Å². The van der Waals surface area contributed by atoms with E-state index in [1.54, 1.807) is 42.5 Å². The largest absolute Gasteiger partial charge is 0.508 e. The van der Waals surface area contributed by atoms with Crippen molar-refractivity contribution in [3.63, 3.8) is 0 Å². The SMILES string of the molecule is Cc1ccccc1N1C(=O)C(O)=C(C(=O)c2cc3cc(Br)ccc3o2)C1c1ccc(O)cc1. The van der Waals surface area contributed by atoms with Gasteiger partial charge in [0, 0.05) is 15.5 Å². The zero-order valence-electron chi connectivity index (χ0n) is 17.4. The lowest BCUT2D eigenvalue weighted by Gasteiger charge is -2.28. The van der Waals surface area contributed by atoms with Crippen molar-refractivity contribution in [2.24, 2.45) is 0 Å². The average molecular weight is 504 g/mol. The lowest BCUT2D eigenvalue weighted by molar-refractivity contribution is -0.117. The summed E-state index contributed by atoms with van der Waals surface area (Å²) in [7, 11) is 0. The van der Waals surface area contributed by atoms with Crippen molar-refractivity contribution in [2.75, 3.05) is 4.90 Å². The molecule has 7 heteroatoms. The van der Waals surface area contributed by atoms with Gasteiger partial charge in [-0.15, -0.1) is 0 Å². The first kappa shape index (κ1) is 21.0. The Morgan fingerprint density at radius 2 is 1.73 bits per heavy atom. The number of phenolic OH excluding ortho intramolecular Hbond substituents is 1. The van der Waals surface area contributed by atoms with Gasteiger partial charge in [-0.25, -0.2) is 0 Å². The van der Waals surface area contributed by atoms with Crippen LogP contribution in [0.15, 0.2) is 93.0 Å². The number of hydrogen-bond acceptors (Lipinski definition) is 5. The van der Waals surface area contributed by atoms with Gasteiger partial charge in [0.05, 0.1) is 11.6 Å². The van der Waals surface area contributed by atoms with E-state index in [1.165, 1.54) is 17.0 Å². The van der Waals surface area contributed by atoms with Crippen LogP contribution in [0, 0.1) is 6.92 Å². The molecule has 33 heavy (non-hydrogen) atoms. The van der Waals surface area contributed by atoms with Gasteiger partial charge in [-0.05, 0) is 60.5 Å². The fourth-order valence-electron chi connectivity index (χ4n) is 4.15. The van der Waals surface area contributed by atoms with Gasteiger partial charge in [0.2, 0.25) is 5.78 Å². The number of fused-ring (bicyclic) bond motifs is 1. The predicted molar refractivity (Wildman–Crippen MR) is 127 cm³/mol. The van der Waals surface area contributed by atoms with Crippen LogP contribution in [0.1, 0.15) is 27.7 Å². The molecule has 5 rings (SSSR count). The van der Waals surface area contributed by atoms with Crippen LogP contribution < -0.4 is 4.90 Å². The van der Waals surface area contributed by atoms with Crippen molar-refractivity contribution < 1.29 is 24.2 Å². The lowest BCUT2D eigenvalue weighted by atomic mass is 9.94. The van der Waals surface area contributed by atoms with Gasteiger partial charge < -0.3 is 14.6 Å². The minimum absolute atomic E-state index is 0.0212. The number of anilines is 1. The van der Waals surface area contributed by atoms with Crippen LogP contribution in [0.3, 0.4) is 0 Å². The molecule has 164 valence electrons. The fourth-order valence-corrected chi connectivity index (χ4v) is 4.53. The summed E-state index contributed by atoms with van der Waals surface area (Å²) in [6, 6.07) is 19.5. The Hall–Kier alpha value is -3.84. The number of carbonyl (C=O) groups excluding carboxylic acids is 2. The number of ketones is 1. The molecule has 1 aliphatic rings. The fraction of sp³-hybridized carbons (Fsp3) is 0.0769. The van der Waals surface area contributed by atoms with E-state index in [9.17, 15) is 19.8 Å². The molecule has 0 radical (unpaired) electrons. The maximum atomic E-state index is 13.6. The summed E-state index contributed by atoms with van der Waals surface area (Å²) >= 11 is 3.40. The third-order valence-electron chi connectivity index (χ3n) is 5.74. The molecule has 4 aromatic rings. The highest BCUT2D eigenvalue weighted by Crippen LogP contribution is 2.43. The number of carbonyl (C=O) groups is 2. The van der Waals surface area contributed by atoms with Crippen molar-refractivity contribution in [1.82, 2.24) is 0 Å². The predicted octanol–water partition coefficient (Wildman–Crippen LogP) is 5.99. The van der Waals surface area contributed by atoms with Gasteiger partial charge in [0.15, 0.2) is 11.5 Å². The molecular weight excluding hydrogens is 486 g/mol. The van der Waals surface area contributed by atoms with Crippen LogP contribution in [-0.2, 0) is 4.79 Å². The number of furan rings is 1. The third-order valence-corrected chi connectivity index (χ3v) is 6.23. The molecular formula is C26H18BrNO5. The van der Waals surface area contributed by atoms with Crippen molar-refractivity contribution in [3.05, 3.63) is 105 Å². The van der Waals surface area contributed by atoms with Gasteiger partial charge in [0.25, 0.3) is 5.91 Å². The van der Waals surface area contributed by atoms with Gasteiger partial charge in [-0.1, -0.05) is 46.3 Å². The Balaban J connectivity index is 1.67. The molecule has 1 unspecified atom stereocenters. The Morgan fingerprint density at radius 3 is 2.45 bits per heavy atom. The second kappa shape index (κ2) is 7.94. The van der Waals surface area contributed by atoms with Gasteiger partial charge >= 0.3 is 0 Å². The van der Waals surface area contributed by atoms with E-state index in [0.717, 1.165) is 10.0 Å². The number of aromatic hydroxyl groups is 1. The summed E-state index contributed by atoms with van der Waals surface area (Å²) < 4.78 is 6.60.